The van der Waals surface area contributed by atoms with Gasteiger partial charge in [-0.1, -0.05) is 45.7 Å². The molecule has 4 rings (SSSR count). The van der Waals surface area contributed by atoms with Crippen LogP contribution < -0.4 is 5.32 Å². The summed E-state index contributed by atoms with van der Waals surface area (Å²) in [6, 6.07) is 14.6. The molecule has 0 amide bonds. The molecular weight excluding hydrogens is 348 g/mol. The number of halogens is 2. The summed E-state index contributed by atoms with van der Waals surface area (Å²) in [7, 11) is 0. The average molecular weight is 362 g/mol. The normalized spacial score (nSPS) is 17.9. The zero-order valence-corrected chi connectivity index (χ0v) is 13.6. The van der Waals surface area contributed by atoms with E-state index in [0.717, 1.165) is 28.0 Å². The molecule has 2 N–H and O–H groups in total. The maximum absolute atomic E-state index is 6.16. The molecule has 2 heterocycles. The Labute approximate surface area is 136 Å². The Morgan fingerprint density at radius 1 is 1.14 bits per heavy atom. The summed E-state index contributed by atoms with van der Waals surface area (Å²) in [4.78, 5) is 3.58. The Morgan fingerprint density at radius 3 is 2.86 bits per heavy atom. The van der Waals surface area contributed by atoms with Crippen molar-refractivity contribution >= 4 is 38.4 Å². The highest BCUT2D eigenvalue weighted by molar-refractivity contribution is 9.10. The topological polar surface area (TPSA) is 27.8 Å². The first-order valence-electron chi connectivity index (χ1n) is 7.02. The lowest BCUT2D eigenvalue weighted by atomic mass is 9.94. The van der Waals surface area contributed by atoms with Crippen LogP contribution in [0.1, 0.15) is 22.9 Å². The lowest BCUT2D eigenvalue weighted by Gasteiger charge is -2.25. The highest BCUT2D eigenvalue weighted by Gasteiger charge is 2.26. The fraction of sp³-hybridized carbons (Fsp3) is 0.176. The largest absolute Gasteiger partial charge is 0.357 e. The molecule has 0 spiro atoms. The van der Waals surface area contributed by atoms with Crippen molar-refractivity contribution in [3.8, 4) is 0 Å². The molecule has 4 heteroatoms. The summed E-state index contributed by atoms with van der Waals surface area (Å²) in [5.41, 5.74) is 5.05. The molecule has 1 aromatic heterocycles. The molecule has 1 atom stereocenters. The van der Waals surface area contributed by atoms with Crippen LogP contribution in [0, 0.1) is 0 Å². The predicted octanol–water partition coefficient (Wildman–Crippen LogP) is 4.82. The van der Waals surface area contributed by atoms with E-state index in [-0.39, 0.29) is 6.04 Å². The van der Waals surface area contributed by atoms with Crippen molar-refractivity contribution in [2.45, 2.75) is 12.5 Å². The molecule has 1 unspecified atom stereocenters. The fourth-order valence-corrected chi connectivity index (χ4v) is 3.86. The van der Waals surface area contributed by atoms with Crippen LogP contribution in [0.25, 0.3) is 10.9 Å². The van der Waals surface area contributed by atoms with Crippen molar-refractivity contribution in [2.75, 3.05) is 6.54 Å². The lowest BCUT2D eigenvalue weighted by Crippen LogP contribution is -2.30. The van der Waals surface area contributed by atoms with Gasteiger partial charge in [0.25, 0.3) is 0 Å². The number of rotatable bonds is 1. The van der Waals surface area contributed by atoms with Crippen LogP contribution >= 0.6 is 27.5 Å². The van der Waals surface area contributed by atoms with Crippen LogP contribution in [0.3, 0.4) is 0 Å². The molecule has 2 nitrogen and oxygen atoms in total. The highest BCUT2D eigenvalue weighted by Crippen LogP contribution is 2.36. The quantitative estimate of drug-likeness (QED) is 0.639. The Morgan fingerprint density at radius 2 is 2.00 bits per heavy atom. The zero-order chi connectivity index (χ0) is 14.4. The molecule has 0 fully saturated rings. The van der Waals surface area contributed by atoms with E-state index in [1.54, 1.807) is 0 Å². The maximum Gasteiger partial charge on any atom is 0.0743 e. The van der Waals surface area contributed by atoms with Crippen molar-refractivity contribution in [3.63, 3.8) is 0 Å². The zero-order valence-electron chi connectivity index (χ0n) is 11.3. The molecule has 106 valence electrons. The summed E-state index contributed by atoms with van der Waals surface area (Å²) in [5.74, 6) is 0. The predicted molar refractivity (Wildman–Crippen MR) is 91.0 cm³/mol. The van der Waals surface area contributed by atoms with E-state index < -0.39 is 0 Å². The number of aromatic amines is 1. The summed E-state index contributed by atoms with van der Waals surface area (Å²) in [6.07, 6.45) is 1.02. The van der Waals surface area contributed by atoms with E-state index >= 15 is 0 Å². The SMILES string of the molecule is Clc1ccc2[nH]c3c(c2c1)CCNC3c1ccccc1Br. The standard InChI is InChI=1S/C17H14BrClN2/c18-14-4-2-1-3-12(14)16-17-11(7-8-20-16)13-9-10(19)5-6-15(13)21-17/h1-6,9,16,20-21H,7-8H2. The number of benzene rings is 2. The van der Waals surface area contributed by atoms with Crippen molar-refractivity contribution in [1.82, 2.24) is 10.3 Å². The molecule has 1 aliphatic heterocycles. The molecule has 0 saturated heterocycles. The van der Waals surface area contributed by atoms with E-state index in [9.17, 15) is 0 Å². The molecular formula is C17H14BrClN2. The first-order chi connectivity index (χ1) is 10.2. The lowest BCUT2D eigenvalue weighted by molar-refractivity contribution is 0.559. The third kappa shape index (κ3) is 2.20. The van der Waals surface area contributed by atoms with Gasteiger partial charge in [0.2, 0.25) is 0 Å². The Bertz CT molecular complexity index is 825. The van der Waals surface area contributed by atoms with Crippen LogP contribution in [0.15, 0.2) is 46.9 Å². The van der Waals surface area contributed by atoms with E-state index in [1.165, 1.54) is 22.2 Å². The van der Waals surface area contributed by atoms with Gasteiger partial charge in [-0.2, -0.15) is 0 Å². The van der Waals surface area contributed by atoms with E-state index in [0.29, 0.717) is 0 Å². The molecule has 0 aliphatic carbocycles. The monoisotopic (exact) mass is 360 g/mol. The average Bonchev–Trinajstić information content (AvgIpc) is 2.86. The van der Waals surface area contributed by atoms with Crippen LogP contribution in [-0.4, -0.2) is 11.5 Å². The van der Waals surface area contributed by atoms with Crippen molar-refractivity contribution < 1.29 is 0 Å². The van der Waals surface area contributed by atoms with Gasteiger partial charge in [0.15, 0.2) is 0 Å². The number of aromatic nitrogens is 1. The van der Waals surface area contributed by atoms with Gasteiger partial charge in [-0.05, 0) is 41.8 Å². The van der Waals surface area contributed by atoms with Gasteiger partial charge < -0.3 is 10.3 Å². The fourth-order valence-electron chi connectivity index (χ4n) is 3.17. The second kappa shape index (κ2) is 5.16. The van der Waals surface area contributed by atoms with Crippen LogP contribution in [-0.2, 0) is 6.42 Å². The van der Waals surface area contributed by atoms with Gasteiger partial charge in [0.1, 0.15) is 0 Å². The van der Waals surface area contributed by atoms with Crippen LogP contribution in [0.2, 0.25) is 5.02 Å². The molecule has 3 aromatic rings. The number of nitrogens with one attached hydrogen (secondary N) is 2. The first kappa shape index (κ1) is 13.4. The second-order valence-electron chi connectivity index (χ2n) is 5.37. The molecule has 0 saturated carbocycles. The number of hydrogen-bond donors (Lipinski definition) is 2. The van der Waals surface area contributed by atoms with Crippen LogP contribution in [0.4, 0.5) is 0 Å². The smallest absolute Gasteiger partial charge is 0.0743 e. The molecule has 21 heavy (non-hydrogen) atoms. The van der Waals surface area contributed by atoms with Gasteiger partial charge in [0, 0.05) is 32.6 Å². The summed E-state index contributed by atoms with van der Waals surface area (Å²) in [6.45, 7) is 0.971. The van der Waals surface area contributed by atoms with Gasteiger partial charge in [-0.25, -0.2) is 0 Å². The maximum atomic E-state index is 6.16. The Hall–Kier alpha value is -1.29. The van der Waals surface area contributed by atoms with Gasteiger partial charge in [-0.15, -0.1) is 0 Å². The minimum absolute atomic E-state index is 0.190. The van der Waals surface area contributed by atoms with Crippen molar-refractivity contribution in [3.05, 3.63) is 68.8 Å². The molecule has 1 aliphatic rings. The number of fused-ring (bicyclic) bond motifs is 3. The van der Waals surface area contributed by atoms with E-state index in [4.69, 9.17) is 11.6 Å². The Kier molecular flexibility index (Phi) is 3.29. The van der Waals surface area contributed by atoms with Gasteiger partial charge >= 0.3 is 0 Å². The summed E-state index contributed by atoms with van der Waals surface area (Å²) >= 11 is 9.82. The van der Waals surface area contributed by atoms with Gasteiger partial charge in [0.05, 0.1) is 6.04 Å². The second-order valence-corrected chi connectivity index (χ2v) is 6.66. The van der Waals surface area contributed by atoms with Crippen LogP contribution in [0.5, 0.6) is 0 Å². The highest BCUT2D eigenvalue weighted by atomic mass is 79.9. The molecule has 2 aromatic carbocycles. The summed E-state index contributed by atoms with van der Waals surface area (Å²) < 4.78 is 1.13. The summed E-state index contributed by atoms with van der Waals surface area (Å²) in [5, 5.41) is 5.65. The third-order valence-electron chi connectivity index (χ3n) is 4.13. The number of hydrogen-bond acceptors (Lipinski definition) is 1. The third-order valence-corrected chi connectivity index (χ3v) is 5.09. The first-order valence-corrected chi connectivity index (χ1v) is 8.19. The minimum atomic E-state index is 0.190. The Balaban J connectivity index is 1.92. The minimum Gasteiger partial charge on any atom is -0.357 e. The van der Waals surface area contributed by atoms with E-state index in [1.807, 2.05) is 12.1 Å². The molecule has 0 bridgehead atoms. The van der Waals surface area contributed by atoms with E-state index in [2.05, 4.69) is 56.6 Å². The molecule has 0 radical (unpaired) electrons. The number of H-pyrrole nitrogens is 1. The van der Waals surface area contributed by atoms with Gasteiger partial charge in [-0.3, -0.25) is 0 Å². The van der Waals surface area contributed by atoms with Crippen molar-refractivity contribution in [1.29, 1.82) is 0 Å². The van der Waals surface area contributed by atoms with Crippen molar-refractivity contribution in [2.24, 2.45) is 0 Å².